The predicted molar refractivity (Wildman–Crippen MR) is 54.6 cm³/mol. The maximum Gasteiger partial charge on any atom is 0.0666 e. The van der Waals surface area contributed by atoms with E-state index in [1.54, 1.807) is 0 Å². The fourth-order valence-electron chi connectivity index (χ4n) is 1.40. The van der Waals surface area contributed by atoms with Gasteiger partial charge in [0.1, 0.15) is 0 Å². The van der Waals surface area contributed by atoms with E-state index < -0.39 is 0 Å². The van der Waals surface area contributed by atoms with Crippen molar-refractivity contribution in [3.05, 3.63) is 35.9 Å². The number of alkyl halides is 1. The molecule has 0 fully saturated rings. The first-order valence-corrected chi connectivity index (χ1v) is 4.79. The molecule has 0 amide bonds. The molecule has 66 valence electrons. The molecule has 0 aliphatic rings. The molecular weight excluding hydrogens is 168 g/mol. The van der Waals surface area contributed by atoms with Gasteiger partial charge in [0.2, 0.25) is 0 Å². The van der Waals surface area contributed by atoms with Crippen LogP contribution >= 0.6 is 11.6 Å². The van der Waals surface area contributed by atoms with Gasteiger partial charge in [0.15, 0.2) is 0 Å². The van der Waals surface area contributed by atoms with Crippen molar-refractivity contribution in [2.75, 3.05) is 0 Å². The van der Waals surface area contributed by atoms with Crippen LogP contribution in [0.3, 0.4) is 0 Å². The Hall–Kier alpha value is -0.490. The van der Waals surface area contributed by atoms with E-state index in [9.17, 15) is 0 Å². The van der Waals surface area contributed by atoms with Gasteiger partial charge in [-0.1, -0.05) is 43.7 Å². The lowest BCUT2D eigenvalue weighted by Crippen LogP contribution is -2.12. The Morgan fingerprint density at radius 3 is 2.33 bits per heavy atom. The van der Waals surface area contributed by atoms with Crippen molar-refractivity contribution in [2.24, 2.45) is 0 Å². The Balaban J connectivity index is 2.82. The van der Waals surface area contributed by atoms with E-state index in [2.05, 4.69) is 26.0 Å². The van der Waals surface area contributed by atoms with E-state index in [-0.39, 0.29) is 4.87 Å². The van der Waals surface area contributed by atoms with E-state index in [0.29, 0.717) is 0 Å². The average Bonchev–Trinajstić information content (AvgIpc) is 2.06. The third-order valence-corrected chi connectivity index (χ3v) is 2.50. The molecule has 0 aliphatic heterocycles. The zero-order valence-electron chi connectivity index (χ0n) is 7.68. The van der Waals surface area contributed by atoms with Gasteiger partial charge in [-0.3, -0.25) is 0 Å². The highest BCUT2D eigenvalue weighted by atomic mass is 35.5. The summed E-state index contributed by atoms with van der Waals surface area (Å²) in [4.78, 5) is -0.185. The van der Waals surface area contributed by atoms with Crippen LogP contribution in [0.15, 0.2) is 30.3 Å². The largest absolute Gasteiger partial charge is 0.114 e. The van der Waals surface area contributed by atoms with Gasteiger partial charge in [-0.25, -0.2) is 0 Å². The Labute approximate surface area is 79.6 Å². The van der Waals surface area contributed by atoms with Crippen LogP contribution in [-0.4, -0.2) is 0 Å². The second-order valence-electron chi connectivity index (χ2n) is 3.31. The smallest absolute Gasteiger partial charge is 0.0666 e. The zero-order chi connectivity index (χ0) is 9.03. The molecule has 1 unspecified atom stereocenters. The number of halogens is 1. The Kier molecular flexibility index (Phi) is 3.16. The first-order chi connectivity index (χ1) is 5.67. The minimum atomic E-state index is -0.185. The summed E-state index contributed by atoms with van der Waals surface area (Å²) >= 11 is 6.36. The summed E-state index contributed by atoms with van der Waals surface area (Å²) in [6, 6.07) is 10.3. The summed E-state index contributed by atoms with van der Waals surface area (Å²) in [6.45, 7) is 4.23. The van der Waals surface area contributed by atoms with Crippen molar-refractivity contribution < 1.29 is 0 Å². The van der Waals surface area contributed by atoms with E-state index in [1.165, 1.54) is 5.56 Å². The lowest BCUT2D eigenvalue weighted by molar-refractivity contribution is 0.597. The zero-order valence-corrected chi connectivity index (χ0v) is 8.43. The quantitative estimate of drug-likeness (QED) is 0.622. The molecule has 0 aliphatic carbocycles. The monoisotopic (exact) mass is 182 g/mol. The van der Waals surface area contributed by atoms with Crippen molar-refractivity contribution in [2.45, 2.75) is 31.6 Å². The molecule has 0 radical (unpaired) electrons. The van der Waals surface area contributed by atoms with E-state index in [1.807, 2.05) is 18.2 Å². The second-order valence-corrected chi connectivity index (χ2v) is 4.15. The molecule has 0 spiro atoms. The molecule has 1 aromatic rings. The Bertz CT molecular complexity index is 226. The number of rotatable bonds is 3. The van der Waals surface area contributed by atoms with Crippen LogP contribution in [-0.2, 0) is 4.87 Å². The van der Waals surface area contributed by atoms with Gasteiger partial charge in [0.25, 0.3) is 0 Å². The summed E-state index contributed by atoms with van der Waals surface area (Å²) < 4.78 is 0. The van der Waals surface area contributed by atoms with Gasteiger partial charge in [0.05, 0.1) is 4.87 Å². The highest BCUT2D eigenvalue weighted by Crippen LogP contribution is 2.32. The molecule has 1 rings (SSSR count). The molecule has 1 heteroatoms. The first-order valence-electron chi connectivity index (χ1n) is 4.41. The van der Waals surface area contributed by atoms with Crippen molar-refractivity contribution >= 4 is 11.6 Å². The van der Waals surface area contributed by atoms with E-state index in [4.69, 9.17) is 11.6 Å². The third-order valence-electron chi connectivity index (χ3n) is 2.10. The molecule has 0 saturated heterocycles. The average molecular weight is 183 g/mol. The van der Waals surface area contributed by atoms with Crippen LogP contribution in [0.5, 0.6) is 0 Å². The molecule has 1 aromatic carbocycles. The van der Waals surface area contributed by atoms with Gasteiger partial charge in [0, 0.05) is 0 Å². The lowest BCUT2D eigenvalue weighted by atomic mass is 9.96. The van der Waals surface area contributed by atoms with Crippen LogP contribution < -0.4 is 0 Å². The van der Waals surface area contributed by atoms with Crippen LogP contribution in [0.1, 0.15) is 32.3 Å². The maximum absolute atomic E-state index is 6.36. The fourth-order valence-corrected chi connectivity index (χ4v) is 1.71. The van der Waals surface area contributed by atoms with Crippen molar-refractivity contribution in [1.82, 2.24) is 0 Å². The maximum atomic E-state index is 6.36. The summed E-state index contributed by atoms with van der Waals surface area (Å²) in [7, 11) is 0. The van der Waals surface area contributed by atoms with Crippen LogP contribution in [0.2, 0.25) is 0 Å². The summed E-state index contributed by atoms with van der Waals surface area (Å²) in [5, 5.41) is 0. The molecule has 0 aromatic heterocycles. The highest BCUT2D eigenvalue weighted by molar-refractivity contribution is 6.23. The molecule has 0 bridgehead atoms. The summed E-state index contributed by atoms with van der Waals surface area (Å²) in [5.74, 6) is 0. The van der Waals surface area contributed by atoms with Gasteiger partial charge in [-0.15, -0.1) is 11.6 Å². The fraction of sp³-hybridized carbons (Fsp3) is 0.455. The molecule has 1 atom stereocenters. The van der Waals surface area contributed by atoms with E-state index in [0.717, 1.165) is 12.8 Å². The summed E-state index contributed by atoms with van der Waals surface area (Å²) in [5.41, 5.74) is 1.22. The van der Waals surface area contributed by atoms with Crippen molar-refractivity contribution in [3.63, 3.8) is 0 Å². The van der Waals surface area contributed by atoms with Gasteiger partial charge >= 0.3 is 0 Å². The summed E-state index contributed by atoms with van der Waals surface area (Å²) in [6.07, 6.45) is 2.15. The number of hydrogen-bond donors (Lipinski definition) is 0. The first kappa shape index (κ1) is 9.60. The van der Waals surface area contributed by atoms with Crippen LogP contribution in [0, 0.1) is 0 Å². The van der Waals surface area contributed by atoms with E-state index >= 15 is 0 Å². The molecule has 12 heavy (non-hydrogen) atoms. The Morgan fingerprint density at radius 2 is 1.83 bits per heavy atom. The molecule has 0 nitrogen and oxygen atoms in total. The Morgan fingerprint density at radius 1 is 1.25 bits per heavy atom. The lowest BCUT2D eigenvalue weighted by Gasteiger charge is -2.21. The van der Waals surface area contributed by atoms with Crippen molar-refractivity contribution in [3.8, 4) is 0 Å². The number of hydrogen-bond acceptors (Lipinski definition) is 0. The molecule has 0 saturated carbocycles. The van der Waals surface area contributed by atoms with Crippen LogP contribution in [0.25, 0.3) is 0 Å². The minimum absolute atomic E-state index is 0.185. The van der Waals surface area contributed by atoms with Gasteiger partial charge in [-0.05, 0) is 18.9 Å². The van der Waals surface area contributed by atoms with Gasteiger partial charge in [-0.2, -0.15) is 0 Å². The molecular formula is C11H15Cl. The minimum Gasteiger partial charge on any atom is -0.114 e. The normalized spacial score (nSPS) is 15.6. The molecule has 0 N–H and O–H groups in total. The van der Waals surface area contributed by atoms with Crippen LogP contribution in [0.4, 0.5) is 0 Å². The third kappa shape index (κ3) is 2.25. The van der Waals surface area contributed by atoms with Crippen molar-refractivity contribution in [1.29, 1.82) is 0 Å². The SMILES string of the molecule is CCCC(C)(Cl)c1ccccc1. The predicted octanol–water partition coefficient (Wildman–Crippen LogP) is 3.94. The highest BCUT2D eigenvalue weighted by Gasteiger charge is 2.21. The second kappa shape index (κ2) is 3.95. The number of benzene rings is 1. The topological polar surface area (TPSA) is 0 Å². The van der Waals surface area contributed by atoms with Gasteiger partial charge < -0.3 is 0 Å². The standard InChI is InChI=1S/C11H15Cl/c1-3-9-11(2,12)10-7-5-4-6-8-10/h4-8H,3,9H2,1-2H3. The molecule has 0 heterocycles.